The largest absolute Gasteiger partial charge is 0.481 e. The number of amides is 2. The lowest BCUT2D eigenvalue weighted by molar-refractivity contribution is -0.111. The molecule has 2 aromatic rings. The molecule has 2 heterocycles. The Hall–Kier alpha value is -3.42. The molecule has 1 aromatic carbocycles. The highest BCUT2D eigenvalue weighted by atomic mass is 16.5. The maximum Gasteiger partial charge on any atom is 0.253 e. The molecule has 1 saturated carbocycles. The number of carbonyl (C=O) groups excluding carboxylic acids is 2. The van der Waals surface area contributed by atoms with Crippen molar-refractivity contribution in [1.29, 1.82) is 0 Å². The first-order chi connectivity index (χ1) is 14.6. The molecule has 2 aliphatic rings. The van der Waals surface area contributed by atoms with Crippen LogP contribution in [-0.4, -0.2) is 52.9 Å². The number of carbonyl (C=O) groups is 2. The van der Waals surface area contributed by atoms with E-state index in [9.17, 15) is 9.59 Å². The Labute approximate surface area is 175 Å². The quantitative estimate of drug-likeness (QED) is 0.685. The van der Waals surface area contributed by atoms with Crippen molar-refractivity contribution in [1.82, 2.24) is 14.9 Å². The van der Waals surface area contributed by atoms with Gasteiger partial charge in [0.2, 0.25) is 17.7 Å². The van der Waals surface area contributed by atoms with Crippen molar-refractivity contribution in [2.24, 2.45) is 0 Å². The smallest absolute Gasteiger partial charge is 0.253 e. The Morgan fingerprint density at radius 1 is 1.23 bits per heavy atom. The van der Waals surface area contributed by atoms with Gasteiger partial charge in [-0.15, -0.1) is 0 Å². The molecule has 2 fully saturated rings. The number of anilines is 2. The number of nitrogens with one attached hydrogen (secondary N) is 2. The van der Waals surface area contributed by atoms with Gasteiger partial charge in [-0.05, 0) is 55.5 Å². The molecule has 1 aliphatic carbocycles. The number of likely N-dealkylation sites (tertiary alicyclic amines) is 1. The Bertz CT molecular complexity index is 956. The molecule has 1 aromatic heterocycles. The van der Waals surface area contributed by atoms with Crippen LogP contribution in [0.2, 0.25) is 0 Å². The van der Waals surface area contributed by atoms with Crippen molar-refractivity contribution >= 4 is 23.5 Å². The number of ether oxygens (including phenoxy) is 1. The fourth-order valence-corrected chi connectivity index (χ4v) is 3.60. The van der Waals surface area contributed by atoms with Crippen molar-refractivity contribution in [3.63, 3.8) is 0 Å². The topological polar surface area (TPSA) is 96.5 Å². The molecule has 0 radical (unpaired) electrons. The van der Waals surface area contributed by atoms with Gasteiger partial charge in [-0.25, -0.2) is 4.98 Å². The van der Waals surface area contributed by atoms with E-state index < -0.39 is 0 Å². The monoisotopic (exact) mass is 407 g/mol. The van der Waals surface area contributed by atoms with Gasteiger partial charge in [-0.1, -0.05) is 6.58 Å². The third-order valence-electron chi connectivity index (χ3n) is 5.38. The highest BCUT2D eigenvalue weighted by molar-refractivity contribution is 5.99. The number of benzene rings is 1. The van der Waals surface area contributed by atoms with Crippen LogP contribution in [0.4, 0.5) is 11.6 Å². The highest BCUT2D eigenvalue weighted by Gasteiger charge is 2.30. The van der Waals surface area contributed by atoms with Crippen molar-refractivity contribution in [2.45, 2.75) is 31.2 Å². The van der Waals surface area contributed by atoms with Crippen molar-refractivity contribution < 1.29 is 14.3 Å². The van der Waals surface area contributed by atoms with Gasteiger partial charge in [0.15, 0.2) is 0 Å². The lowest BCUT2D eigenvalue weighted by Gasteiger charge is -2.18. The van der Waals surface area contributed by atoms with Crippen LogP contribution in [0.25, 0.3) is 0 Å². The van der Waals surface area contributed by atoms with Crippen molar-refractivity contribution in [3.05, 3.63) is 54.2 Å². The first-order valence-electron chi connectivity index (χ1n) is 10.1. The first-order valence-corrected chi connectivity index (χ1v) is 10.1. The fourth-order valence-electron chi connectivity index (χ4n) is 3.60. The molecule has 8 nitrogen and oxygen atoms in total. The Morgan fingerprint density at radius 2 is 2.00 bits per heavy atom. The van der Waals surface area contributed by atoms with E-state index in [0.29, 0.717) is 42.1 Å². The normalized spacial score (nSPS) is 18.0. The Kier molecular flexibility index (Phi) is 5.65. The zero-order valence-electron chi connectivity index (χ0n) is 16.9. The van der Waals surface area contributed by atoms with Crippen LogP contribution < -0.4 is 15.4 Å². The summed E-state index contributed by atoms with van der Waals surface area (Å²) in [5, 5.41) is 5.99. The molecule has 2 N–H and O–H groups in total. The van der Waals surface area contributed by atoms with Gasteiger partial charge < -0.3 is 20.3 Å². The molecule has 0 unspecified atom stereocenters. The van der Waals surface area contributed by atoms with Crippen molar-refractivity contribution in [2.75, 3.05) is 30.8 Å². The van der Waals surface area contributed by atoms with Gasteiger partial charge in [-0.2, -0.15) is 4.98 Å². The van der Waals surface area contributed by atoms with E-state index in [4.69, 9.17) is 4.74 Å². The number of hydrogen-bond donors (Lipinski definition) is 2. The highest BCUT2D eigenvalue weighted by Crippen LogP contribution is 2.43. The second-order valence-electron chi connectivity index (χ2n) is 7.58. The van der Waals surface area contributed by atoms with Crippen LogP contribution >= 0.6 is 0 Å². The molecular formula is C22H25N5O3. The summed E-state index contributed by atoms with van der Waals surface area (Å²) in [6, 6.07) is 6.93. The van der Waals surface area contributed by atoms with Crippen LogP contribution in [0.1, 0.15) is 41.1 Å². The lowest BCUT2D eigenvalue weighted by atomic mass is 10.2. The van der Waals surface area contributed by atoms with E-state index in [2.05, 4.69) is 27.2 Å². The lowest BCUT2D eigenvalue weighted by Crippen LogP contribution is -2.31. The molecule has 0 bridgehead atoms. The summed E-state index contributed by atoms with van der Waals surface area (Å²) in [5.74, 6) is 1.35. The number of aromatic nitrogens is 2. The molecule has 30 heavy (non-hydrogen) atoms. The molecule has 1 saturated heterocycles. The minimum Gasteiger partial charge on any atom is -0.481 e. The summed E-state index contributed by atoms with van der Waals surface area (Å²) in [7, 11) is 1.63. The summed E-state index contributed by atoms with van der Waals surface area (Å²) in [4.78, 5) is 34.9. The van der Waals surface area contributed by atoms with Gasteiger partial charge in [-0.3, -0.25) is 9.59 Å². The number of rotatable bonds is 7. The van der Waals surface area contributed by atoms with Crippen LogP contribution in [0.15, 0.2) is 43.1 Å². The molecular weight excluding hydrogens is 382 g/mol. The van der Waals surface area contributed by atoms with Gasteiger partial charge in [0.1, 0.15) is 0 Å². The predicted octanol–water partition coefficient (Wildman–Crippen LogP) is 2.81. The van der Waals surface area contributed by atoms with E-state index in [-0.39, 0.29) is 17.9 Å². The summed E-state index contributed by atoms with van der Waals surface area (Å²) >= 11 is 0. The number of hydrogen-bond acceptors (Lipinski definition) is 6. The zero-order chi connectivity index (χ0) is 21.1. The molecule has 2 amide bonds. The van der Waals surface area contributed by atoms with Crippen molar-refractivity contribution in [3.8, 4) is 5.88 Å². The first kappa shape index (κ1) is 19.9. The molecule has 156 valence electrons. The van der Waals surface area contributed by atoms with Gasteiger partial charge >= 0.3 is 0 Å². The number of nitrogens with zero attached hydrogens (tertiary/aromatic N) is 3. The van der Waals surface area contributed by atoms with Gasteiger partial charge in [0.25, 0.3) is 5.91 Å². The summed E-state index contributed by atoms with van der Waals surface area (Å²) in [5.41, 5.74) is 2.27. The average Bonchev–Trinajstić information content (AvgIpc) is 3.51. The van der Waals surface area contributed by atoms with E-state index in [1.807, 2.05) is 11.1 Å². The third-order valence-corrected chi connectivity index (χ3v) is 5.38. The van der Waals surface area contributed by atoms with Gasteiger partial charge in [0, 0.05) is 42.1 Å². The minimum atomic E-state index is -0.286. The molecule has 1 aliphatic heterocycles. The molecule has 0 spiro atoms. The van der Waals surface area contributed by atoms with Gasteiger partial charge in [0.05, 0.1) is 7.11 Å². The van der Waals surface area contributed by atoms with Crippen LogP contribution in [-0.2, 0) is 4.79 Å². The second-order valence-corrected chi connectivity index (χ2v) is 7.58. The Morgan fingerprint density at radius 3 is 2.67 bits per heavy atom. The maximum absolute atomic E-state index is 12.8. The third kappa shape index (κ3) is 4.42. The molecule has 8 heteroatoms. The molecule has 4 rings (SSSR count). The second kappa shape index (κ2) is 8.52. The number of methoxy groups -OCH3 is 1. The van der Waals surface area contributed by atoms with E-state index in [1.165, 1.54) is 6.08 Å². The van der Waals surface area contributed by atoms with E-state index in [0.717, 1.165) is 24.8 Å². The fraction of sp³-hybridized carbons (Fsp3) is 0.364. The summed E-state index contributed by atoms with van der Waals surface area (Å²) in [6.45, 7) is 4.65. The summed E-state index contributed by atoms with van der Waals surface area (Å²) in [6.07, 6.45) is 6.18. The summed E-state index contributed by atoms with van der Waals surface area (Å²) < 4.78 is 5.42. The predicted molar refractivity (Wildman–Crippen MR) is 114 cm³/mol. The van der Waals surface area contributed by atoms with Crippen LogP contribution in [0.5, 0.6) is 5.88 Å². The van der Waals surface area contributed by atoms with Crippen LogP contribution in [0, 0.1) is 0 Å². The van der Waals surface area contributed by atoms with E-state index in [1.54, 1.807) is 31.4 Å². The van der Waals surface area contributed by atoms with E-state index >= 15 is 0 Å². The van der Waals surface area contributed by atoms with Crippen LogP contribution in [0.3, 0.4) is 0 Å². The Balaban J connectivity index is 1.35. The average molecular weight is 407 g/mol. The zero-order valence-corrected chi connectivity index (χ0v) is 16.9. The SMILES string of the molecule is C=CC(=O)Nc1ccc(C(=O)N2CC[C@H](Nc3ncc(C4CC4)c(OC)n3)C2)cc1. The minimum absolute atomic E-state index is 0.0384. The molecule has 1 atom stereocenters. The standard InChI is InChI=1S/C22H25N5O3/c1-3-19(28)24-16-8-6-15(7-9-16)21(29)27-11-10-17(13-27)25-22-23-12-18(14-4-5-14)20(26-22)30-2/h3,6-9,12,14,17H,1,4-5,10-11,13H2,2H3,(H,24,28)(H,23,25,26)/t17-/m0/s1. The maximum atomic E-state index is 12.8.